The highest BCUT2D eigenvalue weighted by Gasteiger charge is 2.23. The van der Waals surface area contributed by atoms with Gasteiger partial charge in [0.25, 0.3) is 0 Å². The highest BCUT2D eigenvalue weighted by molar-refractivity contribution is 5.01. The number of nitrogens with zero attached hydrogens (tertiary/aromatic N) is 2. The van der Waals surface area contributed by atoms with Crippen molar-refractivity contribution in [1.29, 1.82) is 0 Å². The Balaban J connectivity index is 2.59. The lowest BCUT2D eigenvalue weighted by Gasteiger charge is -2.29. The second kappa shape index (κ2) is 7.54. The summed E-state index contributed by atoms with van der Waals surface area (Å²) in [6, 6.07) is 2.48. The Morgan fingerprint density at radius 3 is 2.61 bits per heavy atom. The summed E-state index contributed by atoms with van der Waals surface area (Å²) in [5.74, 6) is 0.519. The minimum Gasteiger partial charge on any atom is -0.380 e. The molecule has 0 aromatic carbocycles. The molecule has 1 rings (SSSR count). The van der Waals surface area contributed by atoms with Gasteiger partial charge in [-0.15, -0.1) is 0 Å². The van der Waals surface area contributed by atoms with Gasteiger partial charge >= 0.3 is 0 Å². The molecule has 0 saturated carbocycles. The molecule has 1 aromatic rings. The van der Waals surface area contributed by atoms with Crippen molar-refractivity contribution >= 4 is 0 Å². The van der Waals surface area contributed by atoms with Gasteiger partial charge in [-0.3, -0.25) is 4.68 Å². The predicted octanol–water partition coefficient (Wildman–Crippen LogP) is 2.00. The molecule has 1 heterocycles. The fourth-order valence-electron chi connectivity index (χ4n) is 2.50. The molecule has 4 nitrogen and oxygen atoms in total. The van der Waals surface area contributed by atoms with Crippen LogP contribution in [0.2, 0.25) is 0 Å². The second-order valence-corrected chi connectivity index (χ2v) is 5.09. The summed E-state index contributed by atoms with van der Waals surface area (Å²) in [5, 5.41) is 7.75. The van der Waals surface area contributed by atoms with Crippen LogP contribution in [0.15, 0.2) is 12.3 Å². The molecule has 1 N–H and O–H groups in total. The first-order valence-electron chi connectivity index (χ1n) is 6.83. The van der Waals surface area contributed by atoms with Crippen LogP contribution < -0.4 is 5.32 Å². The summed E-state index contributed by atoms with van der Waals surface area (Å²) in [7, 11) is 3.80. The first kappa shape index (κ1) is 15.2. The summed E-state index contributed by atoms with van der Waals surface area (Å²) in [5.41, 5.74) is 1.27. The number of aryl methyl sites for hydroxylation is 2. The van der Waals surface area contributed by atoms with Crippen LogP contribution in [0.5, 0.6) is 0 Å². The van der Waals surface area contributed by atoms with Gasteiger partial charge in [0, 0.05) is 32.1 Å². The number of nitrogens with one attached hydrogen (secondary N) is 1. The van der Waals surface area contributed by atoms with E-state index in [9.17, 15) is 0 Å². The third kappa shape index (κ3) is 4.10. The maximum Gasteiger partial charge on any atom is 0.0747 e. The van der Waals surface area contributed by atoms with Gasteiger partial charge in [-0.2, -0.15) is 5.10 Å². The average Bonchev–Trinajstić information content (AvgIpc) is 2.72. The highest BCUT2D eigenvalue weighted by atomic mass is 16.5. The number of methoxy groups -OCH3 is 1. The van der Waals surface area contributed by atoms with E-state index in [0.29, 0.717) is 12.0 Å². The molecule has 2 unspecified atom stereocenters. The van der Waals surface area contributed by atoms with Crippen LogP contribution in [0.25, 0.3) is 0 Å². The number of hydrogen-bond acceptors (Lipinski definition) is 3. The fourth-order valence-corrected chi connectivity index (χ4v) is 2.50. The molecular weight excluding hydrogens is 226 g/mol. The van der Waals surface area contributed by atoms with E-state index in [0.717, 1.165) is 19.4 Å². The van der Waals surface area contributed by atoms with Gasteiger partial charge in [0.05, 0.1) is 6.10 Å². The fraction of sp³-hybridized carbons (Fsp3) is 0.786. The van der Waals surface area contributed by atoms with Crippen molar-refractivity contribution in [2.75, 3.05) is 13.7 Å². The highest BCUT2D eigenvalue weighted by Crippen LogP contribution is 2.15. The van der Waals surface area contributed by atoms with Gasteiger partial charge in [0.15, 0.2) is 0 Å². The molecular formula is C14H27N3O. The van der Waals surface area contributed by atoms with Gasteiger partial charge < -0.3 is 10.1 Å². The van der Waals surface area contributed by atoms with Gasteiger partial charge in [0.2, 0.25) is 0 Å². The normalized spacial score (nSPS) is 15.0. The molecule has 0 aliphatic carbocycles. The summed E-state index contributed by atoms with van der Waals surface area (Å²) in [4.78, 5) is 0. The minimum absolute atomic E-state index is 0.262. The number of ether oxygens (including phenoxy) is 1. The van der Waals surface area contributed by atoms with Crippen molar-refractivity contribution in [3.8, 4) is 0 Å². The first-order valence-corrected chi connectivity index (χ1v) is 6.83. The maximum absolute atomic E-state index is 5.64. The van der Waals surface area contributed by atoms with Gasteiger partial charge in [-0.05, 0) is 31.4 Å². The Bertz CT molecular complexity index is 336. The SMILES string of the molecule is CCNC(CCc1ccnn1C)C(OC)C(C)C. The minimum atomic E-state index is 0.262. The lowest BCUT2D eigenvalue weighted by atomic mass is 9.95. The molecule has 0 aliphatic rings. The molecule has 1 aromatic heterocycles. The van der Waals surface area contributed by atoms with E-state index < -0.39 is 0 Å². The van der Waals surface area contributed by atoms with Crippen molar-refractivity contribution in [1.82, 2.24) is 15.1 Å². The lowest BCUT2D eigenvalue weighted by Crippen LogP contribution is -2.44. The molecule has 0 saturated heterocycles. The van der Waals surface area contributed by atoms with Crippen molar-refractivity contribution < 1.29 is 4.74 Å². The summed E-state index contributed by atoms with van der Waals surface area (Å²) >= 11 is 0. The second-order valence-electron chi connectivity index (χ2n) is 5.09. The van der Waals surface area contributed by atoms with E-state index >= 15 is 0 Å². The number of likely N-dealkylation sites (N-methyl/N-ethyl adjacent to an activating group) is 1. The summed E-state index contributed by atoms with van der Waals surface area (Å²) < 4.78 is 7.59. The third-order valence-electron chi connectivity index (χ3n) is 3.43. The number of hydrogen-bond donors (Lipinski definition) is 1. The topological polar surface area (TPSA) is 39.1 Å². The van der Waals surface area contributed by atoms with Crippen molar-refractivity contribution in [3.63, 3.8) is 0 Å². The van der Waals surface area contributed by atoms with E-state index in [1.807, 2.05) is 17.9 Å². The molecule has 0 fully saturated rings. The van der Waals surface area contributed by atoms with Gasteiger partial charge in [-0.1, -0.05) is 20.8 Å². The zero-order valence-corrected chi connectivity index (χ0v) is 12.3. The van der Waals surface area contributed by atoms with Crippen molar-refractivity contribution in [2.24, 2.45) is 13.0 Å². The largest absolute Gasteiger partial charge is 0.380 e. The maximum atomic E-state index is 5.64. The van der Waals surface area contributed by atoms with Crippen LogP contribution >= 0.6 is 0 Å². The zero-order chi connectivity index (χ0) is 13.5. The van der Waals surface area contributed by atoms with Gasteiger partial charge in [0.1, 0.15) is 0 Å². The smallest absolute Gasteiger partial charge is 0.0747 e. The molecule has 104 valence electrons. The molecule has 2 atom stereocenters. The molecule has 0 amide bonds. The lowest BCUT2D eigenvalue weighted by molar-refractivity contribution is 0.0311. The van der Waals surface area contributed by atoms with Crippen molar-refractivity contribution in [3.05, 3.63) is 18.0 Å². The quantitative estimate of drug-likeness (QED) is 0.770. The Kier molecular flexibility index (Phi) is 6.36. The first-order chi connectivity index (χ1) is 8.60. The average molecular weight is 253 g/mol. The van der Waals surface area contributed by atoms with Crippen LogP contribution in [0.3, 0.4) is 0 Å². The Hall–Kier alpha value is -0.870. The molecule has 18 heavy (non-hydrogen) atoms. The zero-order valence-electron chi connectivity index (χ0n) is 12.3. The van der Waals surface area contributed by atoms with E-state index in [2.05, 4.69) is 37.3 Å². The van der Waals surface area contributed by atoms with Crippen LogP contribution in [0, 0.1) is 5.92 Å². The standard InChI is InChI=1S/C14H27N3O/c1-6-15-13(14(18-5)11(2)3)8-7-12-9-10-16-17(12)4/h9-11,13-15H,6-8H2,1-5H3. The molecule has 0 radical (unpaired) electrons. The summed E-state index contributed by atoms with van der Waals surface area (Å²) in [6.07, 6.45) is 4.22. The van der Waals surface area contributed by atoms with E-state index in [-0.39, 0.29) is 6.10 Å². The molecule has 4 heteroatoms. The predicted molar refractivity (Wildman–Crippen MR) is 74.6 cm³/mol. The van der Waals surface area contributed by atoms with Crippen molar-refractivity contribution in [2.45, 2.75) is 45.8 Å². The van der Waals surface area contributed by atoms with Crippen LogP contribution in [0.1, 0.15) is 32.9 Å². The monoisotopic (exact) mass is 253 g/mol. The molecule has 0 spiro atoms. The van der Waals surface area contributed by atoms with E-state index in [4.69, 9.17) is 4.74 Å². The van der Waals surface area contributed by atoms with E-state index in [1.165, 1.54) is 5.69 Å². The van der Waals surface area contributed by atoms with Gasteiger partial charge in [-0.25, -0.2) is 0 Å². The van der Waals surface area contributed by atoms with Crippen LogP contribution in [-0.4, -0.2) is 35.6 Å². The Morgan fingerprint density at radius 2 is 2.17 bits per heavy atom. The Morgan fingerprint density at radius 1 is 1.44 bits per heavy atom. The number of rotatable bonds is 8. The molecule has 0 bridgehead atoms. The molecule has 0 aliphatic heterocycles. The van der Waals surface area contributed by atoms with Crippen LogP contribution in [-0.2, 0) is 18.2 Å². The van der Waals surface area contributed by atoms with E-state index in [1.54, 1.807) is 7.11 Å². The third-order valence-corrected chi connectivity index (χ3v) is 3.43. The summed E-state index contributed by atoms with van der Waals surface area (Å²) in [6.45, 7) is 7.54. The number of aromatic nitrogens is 2. The van der Waals surface area contributed by atoms with Crippen LogP contribution in [0.4, 0.5) is 0 Å². The Labute approximate surface area is 111 Å².